The van der Waals surface area contributed by atoms with Gasteiger partial charge in [0.1, 0.15) is 5.60 Å². The number of ether oxygens (including phenoxy) is 1. The summed E-state index contributed by atoms with van der Waals surface area (Å²) in [5.74, 6) is 4.75. The molecule has 0 aromatic rings. The van der Waals surface area contributed by atoms with E-state index in [4.69, 9.17) is 27.3 Å². The second-order valence-corrected chi connectivity index (χ2v) is 4.03. The van der Waals surface area contributed by atoms with Crippen molar-refractivity contribution in [2.45, 2.75) is 33.3 Å². The second kappa shape index (κ2) is 8.52. The number of carbonyl (C=O) groups is 1. The highest BCUT2D eigenvalue weighted by Gasteiger charge is 2.14. The van der Waals surface area contributed by atoms with Crippen LogP contribution in [0.4, 0.5) is 4.79 Å². The van der Waals surface area contributed by atoms with Crippen LogP contribution in [0.25, 0.3) is 0 Å². The van der Waals surface area contributed by atoms with Crippen LogP contribution in [0.15, 0.2) is 11.1 Å². The average molecular weight is 239 g/mol. The molecule has 5 nitrogen and oxygen atoms in total. The molecule has 4 N–H and O–H groups in total. The summed E-state index contributed by atoms with van der Waals surface area (Å²) >= 11 is 5.26. The number of rotatable bonds is 1. The van der Waals surface area contributed by atoms with E-state index < -0.39 is 11.7 Å². The predicted octanol–water partition coefficient (Wildman–Crippen LogP) is 1.51. The zero-order valence-electron chi connectivity index (χ0n) is 9.50. The lowest BCUT2D eigenvalue weighted by Crippen LogP contribution is -2.36. The van der Waals surface area contributed by atoms with E-state index in [2.05, 4.69) is 0 Å². The number of amides is 1. The quantitative estimate of drug-likeness (QED) is 0.367. The number of carbonyl (C=O) groups excluding carboxylic acids is 1. The molecule has 0 fully saturated rings. The Morgan fingerprint density at radius 3 is 2.13 bits per heavy atom. The number of nitrogens with one attached hydrogen (secondary N) is 1. The van der Waals surface area contributed by atoms with Gasteiger partial charge in [-0.1, -0.05) is 17.7 Å². The van der Waals surface area contributed by atoms with Crippen LogP contribution < -0.4 is 11.3 Å². The molecule has 0 spiro atoms. The summed E-state index contributed by atoms with van der Waals surface area (Å²) in [6.45, 7) is 7.03. The van der Waals surface area contributed by atoms with Crippen molar-refractivity contribution < 1.29 is 14.6 Å². The van der Waals surface area contributed by atoms with E-state index in [9.17, 15) is 4.79 Å². The Balaban J connectivity index is 0. The van der Waals surface area contributed by atoms with E-state index in [0.717, 1.165) is 0 Å². The highest BCUT2D eigenvalue weighted by Crippen LogP contribution is 2.05. The fraction of sp³-hybridized carbons (Fsp3) is 0.667. The van der Waals surface area contributed by atoms with Crippen LogP contribution in [0.5, 0.6) is 0 Å². The molecule has 0 aliphatic heterocycles. The maximum Gasteiger partial charge on any atom is 0.421 e. The van der Waals surface area contributed by atoms with Crippen molar-refractivity contribution in [3.63, 3.8) is 0 Å². The SMILES string of the molecule is C/C=C(/Cl)CO.CC(C)(C)OC(=O)NN. The average Bonchev–Trinajstić information content (AvgIpc) is 2.15. The van der Waals surface area contributed by atoms with E-state index in [1.54, 1.807) is 33.8 Å². The van der Waals surface area contributed by atoms with Crippen LogP contribution in [0, 0.1) is 0 Å². The Labute approximate surface area is 95.2 Å². The first-order valence-electron chi connectivity index (χ1n) is 4.38. The topological polar surface area (TPSA) is 84.6 Å². The number of halogens is 1. The molecule has 90 valence electrons. The molecule has 0 atom stereocenters. The predicted molar refractivity (Wildman–Crippen MR) is 60.3 cm³/mol. The maximum absolute atomic E-state index is 10.4. The summed E-state index contributed by atoms with van der Waals surface area (Å²) in [6.07, 6.45) is 1.05. The van der Waals surface area contributed by atoms with Crippen molar-refractivity contribution in [3.8, 4) is 0 Å². The van der Waals surface area contributed by atoms with Gasteiger partial charge < -0.3 is 9.84 Å². The number of aliphatic hydroxyl groups excluding tert-OH is 1. The molecular formula is C9H19ClN2O3. The lowest BCUT2D eigenvalue weighted by molar-refractivity contribution is 0.0527. The fourth-order valence-electron chi connectivity index (χ4n) is 0.399. The normalized spacial score (nSPS) is 11.3. The van der Waals surface area contributed by atoms with Gasteiger partial charge >= 0.3 is 6.09 Å². The summed E-state index contributed by atoms with van der Waals surface area (Å²) in [5, 5.41) is 8.63. The van der Waals surface area contributed by atoms with Gasteiger partial charge in [0.05, 0.1) is 6.61 Å². The Hall–Kier alpha value is -0.780. The van der Waals surface area contributed by atoms with Crippen molar-refractivity contribution in [3.05, 3.63) is 11.1 Å². The lowest BCUT2D eigenvalue weighted by Gasteiger charge is -2.18. The Morgan fingerprint density at radius 1 is 1.60 bits per heavy atom. The van der Waals surface area contributed by atoms with Gasteiger partial charge in [0, 0.05) is 5.03 Å². The Morgan fingerprint density at radius 2 is 2.07 bits per heavy atom. The first kappa shape index (κ1) is 16.6. The third-order valence-electron chi connectivity index (χ3n) is 0.981. The minimum absolute atomic E-state index is 0.0436. The number of allylic oxidation sites excluding steroid dienone is 1. The van der Waals surface area contributed by atoms with Gasteiger partial charge in [0.2, 0.25) is 0 Å². The van der Waals surface area contributed by atoms with E-state index in [1.807, 2.05) is 5.43 Å². The van der Waals surface area contributed by atoms with E-state index in [-0.39, 0.29) is 6.61 Å². The first-order valence-corrected chi connectivity index (χ1v) is 4.75. The molecule has 0 heterocycles. The van der Waals surface area contributed by atoms with Gasteiger partial charge in [0.15, 0.2) is 0 Å². The van der Waals surface area contributed by atoms with Crippen LogP contribution in [0.3, 0.4) is 0 Å². The van der Waals surface area contributed by atoms with Crippen molar-refractivity contribution in [2.75, 3.05) is 6.61 Å². The zero-order valence-corrected chi connectivity index (χ0v) is 10.3. The molecule has 0 saturated carbocycles. The third-order valence-corrected chi connectivity index (χ3v) is 1.32. The smallest absolute Gasteiger partial charge is 0.421 e. The summed E-state index contributed by atoms with van der Waals surface area (Å²) in [4.78, 5) is 10.4. The zero-order chi connectivity index (χ0) is 12.5. The summed E-state index contributed by atoms with van der Waals surface area (Å²) in [5.41, 5.74) is 1.39. The number of hydrazine groups is 1. The highest BCUT2D eigenvalue weighted by atomic mass is 35.5. The standard InChI is InChI=1S/C5H12N2O2.C4H7ClO/c1-5(2,3)9-4(8)7-6;1-2-4(5)3-6/h6H2,1-3H3,(H,7,8);2,6H,3H2,1H3/b;4-2+. The van der Waals surface area contributed by atoms with Crippen molar-refractivity contribution >= 4 is 17.7 Å². The van der Waals surface area contributed by atoms with Crippen molar-refractivity contribution in [1.82, 2.24) is 5.43 Å². The van der Waals surface area contributed by atoms with Crippen LogP contribution in [-0.2, 0) is 4.74 Å². The summed E-state index contributed by atoms with van der Waals surface area (Å²) < 4.78 is 4.71. The molecule has 1 amide bonds. The van der Waals surface area contributed by atoms with Gasteiger partial charge in [-0.15, -0.1) is 0 Å². The minimum Gasteiger partial charge on any atom is -0.443 e. The number of hydrogen-bond donors (Lipinski definition) is 3. The molecule has 0 radical (unpaired) electrons. The van der Waals surface area contributed by atoms with Crippen LogP contribution in [0.1, 0.15) is 27.7 Å². The van der Waals surface area contributed by atoms with Gasteiger partial charge in [-0.05, 0) is 27.7 Å². The molecule has 0 aliphatic carbocycles. The number of hydrogen-bond acceptors (Lipinski definition) is 4. The summed E-state index contributed by atoms with van der Waals surface area (Å²) in [7, 11) is 0. The molecular weight excluding hydrogens is 220 g/mol. The second-order valence-electron chi connectivity index (χ2n) is 3.54. The van der Waals surface area contributed by atoms with Gasteiger partial charge in [-0.3, -0.25) is 5.43 Å². The van der Waals surface area contributed by atoms with E-state index >= 15 is 0 Å². The molecule has 0 bridgehead atoms. The monoisotopic (exact) mass is 238 g/mol. The lowest BCUT2D eigenvalue weighted by atomic mass is 10.2. The molecule has 0 unspecified atom stereocenters. The molecule has 0 aromatic carbocycles. The van der Waals surface area contributed by atoms with Crippen LogP contribution in [0.2, 0.25) is 0 Å². The van der Waals surface area contributed by atoms with Gasteiger partial charge in [0.25, 0.3) is 0 Å². The molecule has 6 heteroatoms. The van der Waals surface area contributed by atoms with Crippen molar-refractivity contribution in [1.29, 1.82) is 0 Å². The Kier molecular flexibility index (Phi) is 9.46. The van der Waals surface area contributed by atoms with Gasteiger partial charge in [-0.2, -0.15) is 0 Å². The molecule has 0 rings (SSSR count). The van der Waals surface area contributed by atoms with E-state index in [0.29, 0.717) is 5.03 Å². The molecule has 0 aliphatic rings. The number of aliphatic hydroxyl groups is 1. The van der Waals surface area contributed by atoms with Crippen molar-refractivity contribution in [2.24, 2.45) is 5.84 Å². The first-order chi connectivity index (χ1) is 6.76. The largest absolute Gasteiger partial charge is 0.443 e. The summed E-state index contributed by atoms with van der Waals surface area (Å²) in [6, 6.07) is 0. The fourth-order valence-corrected chi connectivity index (χ4v) is 0.399. The highest BCUT2D eigenvalue weighted by molar-refractivity contribution is 6.29. The van der Waals surface area contributed by atoms with Crippen LogP contribution in [-0.4, -0.2) is 23.4 Å². The van der Waals surface area contributed by atoms with Crippen LogP contribution >= 0.6 is 11.6 Å². The van der Waals surface area contributed by atoms with Gasteiger partial charge in [-0.25, -0.2) is 10.6 Å². The Bertz CT molecular complexity index is 212. The molecule has 0 saturated heterocycles. The minimum atomic E-state index is -0.609. The maximum atomic E-state index is 10.4. The third kappa shape index (κ3) is 15.9. The van der Waals surface area contributed by atoms with E-state index in [1.165, 1.54) is 0 Å². The number of nitrogens with two attached hydrogens (primary N) is 1. The molecule has 15 heavy (non-hydrogen) atoms. The molecule has 0 aromatic heterocycles.